The number of aryl methyl sites for hydroxylation is 1. The highest BCUT2D eigenvalue weighted by Crippen LogP contribution is 2.33. The second-order valence-corrected chi connectivity index (χ2v) is 6.36. The zero-order valence-electron chi connectivity index (χ0n) is 14.9. The molecule has 1 aromatic heterocycles. The van der Waals surface area contributed by atoms with Crippen molar-refractivity contribution in [2.75, 3.05) is 31.2 Å². The summed E-state index contributed by atoms with van der Waals surface area (Å²) in [5, 5.41) is 9.21. The van der Waals surface area contributed by atoms with Crippen molar-refractivity contribution >= 4 is 5.82 Å². The van der Waals surface area contributed by atoms with Crippen LogP contribution in [0.3, 0.4) is 0 Å². The average molecular weight is 382 g/mol. The largest absolute Gasteiger partial charge is 0.487 e. The zero-order chi connectivity index (χ0) is 19.4. The molecule has 3 rings (SSSR count). The molecule has 1 aromatic carbocycles. The third-order valence-corrected chi connectivity index (χ3v) is 4.49. The molecule has 27 heavy (non-hydrogen) atoms. The summed E-state index contributed by atoms with van der Waals surface area (Å²) >= 11 is 0. The molecule has 1 aliphatic rings. The number of halogens is 3. The quantitative estimate of drug-likeness (QED) is 0.861. The minimum absolute atomic E-state index is 0.0599. The lowest BCUT2D eigenvalue weighted by molar-refractivity contribution is -0.138. The molecular weight excluding hydrogens is 361 g/mol. The first-order valence-corrected chi connectivity index (χ1v) is 8.60. The molecule has 0 amide bonds. The van der Waals surface area contributed by atoms with Crippen molar-refractivity contribution in [2.24, 2.45) is 0 Å². The maximum Gasteiger partial charge on any atom is 0.416 e. The van der Waals surface area contributed by atoms with E-state index in [4.69, 9.17) is 9.47 Å². The van der Waals surface area contributed by atoms with Gasteiger partial charge in [0.05, 0.1) is 31.1 Å². The second-order valence-electron chi connectivity index (χ2n) is 6.36. The van der Waals surface area contributed by atoms with Gasteiger partial charge in [-0.3, -0.25) is 0 Å². The van der Waals surface area contributed by atoms with E-state index in [0.717, 1.165) is 6.07 Å². The molecule has 1 N–H and O–H groups in total. The van der Waals surface area contributed by atoms with Gasteiger partial charge in [0.15, 0.2) is 0 Å². The molecule has 5 nitrogen and oxygen atoms in total. The average Bonchev–Trinajstić information content (AvgIpc) is 2.66. The molecule has 1 fully saturated rings. The lowest BCUT2D eigenvalue weighted by atomic mass is 10.0. The van der Waals surface area contributed by atoms with Crippen molar-refractivity contribution in [1.82, 2.24) is 4.98 Å². The molecule has 0 saturated carbocycles. The number of morpholine rings is 1. The molecule has 146 valence electrons. The van der Waals surface area contributed by atoms with Crippen LogP contribution in [0.4, 0.5) is 19.0 Å². The molecule has 0 spiro atoms. The Morgan fingerprint density at radius 3 is 2.78 bits per heavy atom. The van der Waals surface area contributed by atoms with E-state index in [9.17, 15) is 18.3 Å². The minimum atomic E-state index is -4.42. The van der Waals surface area contributed by atoms with Crippen molar-refractivity contribution in [3.63, 3.8) is 0 Å². The smallest absolute Gasteiger partial charge is 0.416 e. The van der Waals surface area contributed by atoms with E-state index in [0.29, 0.717) is 36.8 Å². The maximum atomic E-state index is 13.2. The summed E-state index contributed by atoms with van der Waals surface area (Å²) in [5.41, 5.74) is -0.0405. The number of aliphatic hydroxyl groups is 1. The van der Waals surface area contributed by atoms with Gasteiger partial charge in [-0.05, 0) is 30.7 Å². The normalized spacial score (nSPS) is 17.8. The molecule has 1 unspecified atom stereocenters. The molecule has 0 bridgehead atoms. The Hall–Kier alpha value is -2.32. The molecule has 2 aromatic rings. The molecule has 1 atom stereocenters. The number of hydrogen-bond donors (Lipinski definition) is 1. The summed E-state index contributed by atoms with van der Waals surface area (Å²) in [4.78, 5) is 6.30. The first-order valence-electron chi connectivity index (χ1n) is 8.60. The number of nitrogens with zero attached hydrogens (tertiary/aromatic N) is 2. The Morgan fingerprint density at radius 2 is 2.11 bits per heavy atom. The predicted octanol–water partition coefficient (Wildman–Crippen LogP) is 3.19. The minimum Gasteiger partial charge on any atom is -0.487 e. The molecule has 0 aliphatic carbocycles. The first-order chi connectivity index (χ1) is 12.9. The Bertz CT molecular complexity index is 766. The highest BCUT2D eigenvalue weighted by atomic mass is 19.4. The highest BCUT2D eigenvalue weighted by molar-refractivity contribution is 5.42. The summed E-state index contributed by atoms with van der Waals surface area (Å²) in [6, 6.07) is 7.50. The van der Waals surface area contributed by atoms with Crippen molar-refractivity contribution in [2.45, 2.75) is 25.8 Å². The van der Waals surface area contributed by atoms with Gasteiger partial charge in [0.2, 0.25) is 0 Å². The van der Waals surface area contributed by atoms with Crippen LogP contribution in [0.1, 0.15) is 16.7 Å². The molecule has 0 radical (unpaired) electrons. The summed E-state index contributed by atoms with van der Waals surface area (Å²) in [7, 11) is 0. The molecule has 8 heteroatoms. The van der Waals surface area contributed by atoms with E-state index in [-0.39, 0.29) is 24.9 Å². The number of benzene rings is 1. The third-order valence-electron chi connectivity index (χ3n) is 4.49. The number of rotatable bonds is 5. The number of pyridine rings is 1. The Labute approximate surface area is 155 Å². The number of ether oxygens (including phenoxy) is 2. The zero-order valence-corrected chi connectivity index (χ0v) is 14.9. The van der Waals surface area contributed by atoms with Gasteiger partial charge in [-0.15, -0.1) is 0 Å². The fraction of sp³-hybridized carbons (Fsp3) is 0.421. The van der Waals surface area contributed by atoms with Crippen molar-refractivity contribution < 1.29 is 27.8 Å². The summed E-state index contributed by atoms with van der Waals surface area (Å²) < 4.78 is 50.5. The fourth-order valence-corrected chi connectivity index (χ4v) is 3.00. The highest BCUT2D eigenvalue weighted by Gasteiger charge is 2.33. The van der Waals surface area contributed by atoms with Crippen LogP contribution >= 0.6 is 0 Å². The predicted molar refractivity (Wildman–Crippen MR) is 93.8 cm³/mol. The van der Waals surface area contributed by atoms with Crippen LogP contribution in [-0.4, -0.2) is 42.5 Å². The van der Waals surface area contributed by atoms with Crippen molar-refractivity contribution in [3.05, 3.63) is 53.2 Å². The lowest BCUT2D eigenvalue weighted by Crippen LogP contribution is -2.44. The van der Waals surface area contributed by atoms with Gasteiger partial charge in [-0.25, -0.2) is 4.98 Å². The lowest BCUT2D eigenvalue weighted by Gasteiger charge is -2.32. The fourth-order valence-electron chi connectivity index (χ4n) is 3.00. The van der Waals surface area contributed by atoms with Crippen LogP contribution in [0.25, 0.3) is 0 Å². The van der Waals surface area contributed by atoms with E-state index in [2.05, 4.69) is 4.98 Å². The first kappa shape index (κ1) is 19.4. The molecule has 1 aliphatic heterocycles. The molecule has 1 saturated heterocycles. The number of alkyl halides is 3. The van der Waals surface area contributed by atoms with E-state index < -0.39 is 11.7 Å². The van der Waals surface area contributed by atoms with Gasteiger partial charge >= 0.3 is 6.18 Å². The van der Waals surface area contributed by atoms with E-state index in [1.165, 1.54) is 12.3 Å². The second kappa shape index (κ2) is 8.14. The van der Waals surface area contributed by atoms with Crippen LogP contribution in [0, 0.1) is 6.92 Å². The Morgan fingerprint density at radius 1 is 1.30 bits per heavy atom. The van der Waals surface area contributed by atoms with Crippen molar-refractivity contribution in [3.8, 4) is 5.75 Å². The summed E-state index contributed by atoms with van der Waals surface area (Å²) in [6.45, 7) is 3.07. The number of aromatic nitrogens is 1. The molecular formula is C19H21F3N2O3. The van der Waals surface area contributed by atoms with E-state index in [1.807, 2.05) is 4.90 Å². The number of anilines is 1. The standard InChI is InChI=1S/C19H21F3N2O3/c1-13-3-2-4-17(19(20,21)22)16(13)12-27-14-5-6-18(23-9-14)24-7-8-26-15(10-24)11-25/h2-6,9,15,25H,7-8,10-12H2,1H3. The topological polar surface area (TPSA) is 54.8 Å². The number of hydrogen-bond acceptors (Lipinski definition) is 5. The van der Waals surface area contributed by atoms with Gasteiger partial charge in [-0.2, -0.15) is 13.2 Å². The van der Waals surface area contributed by atoms with Gasteiger partial charge in [-0.1, -0.05) is 12.1 Å². The molecule has 2 heterocycles. The number of aliphatic hydroxyl groups excluding tert-OH is 1. The Balaban J connectivity index is 1.68. The Kier molecular flexibility index (Phi) is 5.86. The monoisotopic (exact) mass is 382 g/mol. The van der Waals surface area contributed by atoms with Gasteiger partial charge in [0.1, 0.15) is 18.2 Å². The van der Waals surface area contributed by atoms with Crippen LogP contribution < -0.4 is 9.64 Å². The third kappa shape index (κ3) is 4.70. The van der Waals surface area contributed by atoms with Gasteiger partial charge < -0.3 is 19.5 Å². The van der Waals surface area contributed by atoms with Crippen LogP contribution in [-0.2, 0) is 17.5 Å². The van der Waals surface area contributed by atoms with Gasteiger partial charge in [0, 0.05) is 18.7 Å². The van der Waals surface area contributed by atoms with Gasteiger partial charge in [0.25, 0.3) is 0 Å². The van der Waals surface area contributed by atoms with E-state index in [1.54, 1.807) is 25.1 Å². The van der Waals surface area contributed by atoms with Crippen molar-refractivity contribution in [1.29, 1.82) is 0 Å². The van der Waals surface area contributed by atoms with Crippen LogP contribution in [0.15, 0.2) is 36.5 Å². The van der Waals surface area contributed by atoms with E-state index >= 15 is 0 Å². The van der Waals surface area contributed by atoms with Crippen LogP contribution in [0.2, 0.25) is 0 Å². The maximum absolute atomic E-state index is 13.2. The summed E-state index contributed by atoms with van der Waals surface area (Å²) in [6.07, 6.45) is -3.19. The van der Waals surface area contributed by atoms with Crippen LogP contribution in [0.5, 0.6) is 5.75 Å². The SMILES string of the molecule is Cc1cccc(C(F)(F)F)c1COc1ccc(N2CCOC(CO)C2)nc1. The summed E-state index contributed by atoms with van der Waals surface area (Å²) in [5.74, 6) is 1.10.